The third kappa shape index (κ3) is 1.59. The molecule has 1 heterocycles. The summed E-state index contributed by atoms with van der Waals surface area (Å²) in [6.45, 7) is 0. The molecule has 2 aromatic rings. The fourth-order valence-electron chi connectivity index (χ4n) is 1.22. The van der Waals surface area contributed by atoms with Crippen molar-refractivity contribution in [2.45, 2.75) is 0 Å². The molecule has 15 heavy (non-hydrogen) atoms. The molecule has 0 spiro atoms. The molecule has 0 aliphatic carbocycles. The van der Waals surface area contributed by atoms with Gasteiger partial charge in [-0.15, -0.1) is 0 Å². The quantitative estimate of drug-likeness (QED) is 0.736. The van der Waals surface area contributed by atoms with Crippen LogP contribution >= 0.6 is 0 Å². The Morgan fingerprint density at radius 1 is 1.40 bits per heavy atom. The number of benzene rings is 1. The van der Waals surface area contributed by atoms with Crippen molar-refractivity contribution >= 4 is 16.8 Å². The molecule has 0 aliphatic heterocycles. The van der Waals surface area contributed by atoms with Gasteiger partial charge in [-0.25, -0.2) is 9.78 Å². The van der Waals surface area contributed by atoms with Gasteiger partial charge in [0.05, 0.1) is 10.9 Å². The molecule has 1 aromatic carbocycles. The fourth-order valence-corrected chi connectivity index (χ4v) is 1.22. The Labute approximate surface area is 84.7 Å². The second kappa shape index (κ2) is 3.53. The largest absolute Gasteiger partial charge is 0.398 e. The molecule has 1 amide bonds. The summed E-state index contributed by atoms with van der Waals surface area (Å²) in [4.78, 5) is 26.6. The Bertz CT molecular complexity index is 574. The molecule has 2 rings (SSSR count). The Hall–Kier alpha value is -2.17. The van der Waals surface area contributed by atoms with Crippen LogP contribution in [0.15, 0.2) is 33.5 Å². The van der Waals surface area contributed by atoms with E-state index >= 15 is 0 Å². The van der Waals surface area contributed by atoms with Crippen LogP contribution in [0.2, 0.25) is 0 Å². The first-order valence-electron chi connectivity index (χ1n) is 4.34. The second-order valence-electron chi connectivity index (χ2n) is 2.90. The molecule has 1 aromatic heterocycles. The molecule has 76 valence electrons. The van der Waals surface area contributed by atoms with Crippen LogP contribution in [-0.4, -0.2) is 17.9 Å². The minimum Gasteiger partial charge on any atom is -0.398 e. The normalized spacial score (nSPS) is 10.2. The molecule has 0 aliphatic rings. The standard InChI is InChI=1S/C10H8N2O3/c1-11-8(13)9-12-7-5-3-2-4-6(7)10(14)15-9/h2-5H,1H3,(H,11,13). The number of carbonyl (C=O) groups is 1. The molecule has 0 radical (unpaired) electrons. The highest BCUT2D eigenvalue weighted by Crippen LogP contribution is 2.06. The molecule has 5 heteroatoms. The highest BCUT2D eigenvalue weighted by Gasteiger charge is 2.11. The third-order valence-corrected chi connectivity index (χ3v) is 1.96. The van der Waals surface area contributed by atoms with Gasteiger partial charge in [-0.05, 0) is 12.1 Å². The number of nitrogens with zero attached hydrogens (tertiary/aromatic N) is 1. The summed E-state index contributed by atoms with van der Waals surface area (Å²) in [6.07, 6.45) is 0. The summed E-state index contributed by atoms with van der Waals surface area (Å²) in [5.41, 5.74) is -0.105. The van der Waals surface area contributed by atoms with E-state index in [4.69, 9.17) is 4.42 Å². The number of nitrogens with one attached hydrogen (secondary N) is 1. The molecule has 0 bridgehead atoms. The van der Waals surface area contributed by atoms with Crippen LogP contribution in [0.5, 0.6) is 0 Å². The zero-order chi connectivity index (χ0) is 10.8. The maximum absolute atomic E-state index is 11.4. The zero-order valence-corrected chi connectivity index (χ0v) is 7.98. The summed E-state index contributed by atoms with van der Waals surface area (Å²) in [5.74, 6) is -0.737. The smallest absolute Gasteiger partial charge is 0.347 e. The highest BCUT2D eigenvalue weighted by atomic mass is 16.4. The van der Waals surface area contributed by atoms with Gasteiger partial charge in [0.25, 0.3) is 5.89 Å². The van der Waals surface area contributed by atoms with Crippen LogP contribution in [0, 0.1) is 0 Å². The van der Waals surface area contributed by atoms with Crippen LogP contribution < -0.4 is 10.9 Å². The van der Waals surface area contributed by atoms with Crippen LogP contribution in [0.1, 0.15) is 10.7 Å². The van der Waals surface area contributed by atoms with E-state index in [1.54, 1.807) is 24.3 Å². The van der Waals surface area contributed by atoms with Crippen molar-refractivity contribution in [1.82, 2.24) is 10.3 Å². The second-order valence-corrected chi connectivity index (χ2v) is 2.90. The van der Waals surface area contributed by atoms with Crippen LogP contribution in [0.4, 0.5) is 0 Å². The lowest BCUT2D eigenvalue weighted by molar-refractivity contribution is 0.0923. The fraction of sp³-hybridized carbons (Fsp3) is 0.100. The summed E-state index contributed by atoms with van der Waals surface area (Å²) in [6, 6.07) is 6.70. The number of para-hydroxylation sites is 1. The number of fused-ring (bicyclic) bond motifs is 1. The zero-order valence-electron chi connectivity index (χ0n) is 7.98. The average Bonchev–Trinajstić information content (AvgIpc) is 2.28. The van der Waals surface area contributed by atoms with Crippen molar-refractivity contribution in [1.29, 1.82) is 0 Å². The predicted molar refractivity (Wildman–Crippen MR) is 53.7 cm³/mol. The first-order valence-corrected chi connectivity index (χ1v) is 4.34. The lowest BCUT2D eigenvalue weighted by Crippen LogP contribution is -2.21. The highest BCUT2D eigenvalue weighted by molar-refractivity contribution is 5.91. The van der Waals surface area contributed by atoms with Crippen molar-refractivity contribution in [3.05, 3.63) is 40.6 Å². The lowest BCUT2D eigenvalue weighted by atomic mass is 10.2. The lowest BCUT2D eigenvalue weighted by Gasteiger charge is -1.98. The van der Waals surface area contributed by atoms with Crippen molar-refractivity contribution < 1.29 is 9.21 Å². The third-order valence-electron chi connectivity index (χ3n) is 1.96. The first kappa shape index (κ1) is 9.39. The number of rotatable bonds is 1. The maximum atomic E-state index is 11.4. The van der Waals surface area contributed by atoms with Gasteiger partial charge < -0.3 is 9.73 Å². The SMILES string of the molecule is CNC(=O)c1nc2ccccc2c(=O)o1. The van der Waals surface area contributed by atoms with E-state index in [0.29, 0.717) is 10.9 Å². The van der Waals surface area contributed by atoms with Crippen molar-refractivity contribution in [2.75, 3.05) is 7.05 Å². The van der Waals surface area contributed by atoms with Crippen LogP contribution in [0.3, 0.4) is 0 Å². The predicted octanol–water partition coefficient (Wildman–Crippen LogP) is 0.548. The van der Waals surface area contributed by atoms with Gasteiger partial charge in [-0.3, -0.25) is 4.79 Å². The van der Waals surface area contributed by atoms with Gasteiger partial charge in [0.15, 0.2) is 0 Å². The molecule has 0 unspecified atom stereocenters. The van der Waals surface area contributed by atoms with Gasteiger partial charge in [-0.2, -0.15) is 0 Å². The molecule has 0 atom stereocenters. The summed E-state index contributed by atoms with van der Waals surface area (Å²) >= 11 is 0. The Morgan fingerprint density at radius 3 is 2.87 bits per heavy atom. The van der Waals surface area contributed by atoms with Gasteiger partial charge in [0, 0.05) is 7.05 Å². The maximum Gasteiger partial charge on any atom is 0.347 e. The van der Waals surface area contributed by atoms with E-state index in [-0.39, 0.29) is 5.89 Å². The van der Waals surface area contributed by atoms with E-state index in [1.165, 1.54) is 7.05 Å². The van der Waals surface area contributed by atoms with Gasteiger partial charge in [0.1, 0.15) is 0 Å². The molecule has 1 N–H and O–H groups in total. The minimum atomic E-state index is -0.556. The van der Waals surface area contributed by atoms with Gasteiger partial charge in [-0.1, -0.05) is 12.1 Å². The van der Waals surface area contributed by atoms with Crippen LogP contribution in [-0.2, 0) is 0 Å². The molecular formula is C10H8N2O3. The van der Waals surface area contributed by atoms with E-state index in [9.17, 15) is 9.59 Å². The Morgan fingerprint density at radius 2 is 2.13 bits per heavy atom. The summed E-state index contributed by atoms with van der Waals surface area (Å²) in [5, 5.41) is 2.70. The van der Waals surface area contributed by atoms with E-state index in [2.05, 4.69) is 10.3 Å². The Balaban J connectivity index is 2.73. The van der Waals surface area contributed by atoms with E-state index in [0.717, 1.165) is 0 Å². The number of hydrogen-bond acceptors (Lipinski definition) is 4. The Kier molecular flexibility index (Phi) is 2.21. The average molecular weight is 204 g/mol. The molecule has 0 fully saturated rings. The summed E-state index contributed by atoms with van der Waals surface area (Å²) in [7, 11) is 1.44. The van der Waals surface area contributed by atoms with Crippen molar-refractivity contribution in [3.8, 4) is 0 Å². The van der Waals surface area contributed by atoms with Crippen LogP contribution in [0.25, 0.3) is 10.9 Å². The number of amides is 1. The van der Waals surface area contributed by atoms with Gasteiger partial charge >= 0.3 is 11.5 Å². The molecule has 0 saturated carbocycles. The monoisotopic (exact) mass is 204 g/mol. The summed E-state index contributed by atoms with van der Waals surface area (Å²) < 4.78 is 4.76. The number of carbonyl (C=O) groups excluding carboxylic acids is 1. The first-order chi connectivity index (χ1) is 7.22. The van der Waals surface area contributed by atoms with Crippen molar-refractivity contribution in [2.24, 2.45) is 0 Å². The van der Waals surface area contributed by atoms with Crippen molar-refractivity contribution in [3.63, 3.8) is 0 Å². The molecule has 5 nitrogen and oxygen atoms in total. The number of aromatic nitrogens is 1. The van der Waals surface area contributed by atoms with Gasteiger partial charge in [0.2, 0.25) is 0 Å². The molecular weight excluding hydrogens is 196 g/mol. The topological polar surface area (TPSA) is 72.2 Å². The van der Waals surface area contributed by atoms with E-state index in [1.807, 2.05) is 0 Å². The minimum absolute atomic E-state index is 0.221. The van der Waals surface area contributed by atoms with E-state index < -0.39 is 11.5 Å². The molecule has 0 saturated heterocycles. The number of hydrogen-bond donors (Lipinski definition) is 1.